The van der Waals surface area contributed by atoms with Crippen LogP contribution in [-0.4, -0.2) is 49.3 Å². The van der Waals surface area contributed by atoms with Crippen LogP contribution in [0.5, 0.6) is 0 Å². The maximum absolute atomic E-state index is 11.7. The van der Waals surface area contributed by atoms with Gasteiger partial charge in [-0.15, -0.1) is 0 Å². The van der Waals surface area contributed by atoms with Crippen LogP contribution in [0.1, 0.15) is 21.5 Å². The Balaban J connectivity index is 1.59. The zero-order valence-corrected chi connectivity index (χ0v) is 18.4. The fraction of sp³-hybridized carbons (Fsp3) is 0.269. The normalized spacial score (nSPS) is 14.7. The van der Waals surface area contributed by atoms with Gasteiger partial charge in [-0.25, -0.2) is 4.79 Å². The summed E-state index contributed by atoms with van der Waals surface area (Å²) in [4.78, 5) is 14.1. The Morgan fingerprint density at radius 3 is 2.31 bits per heavy atom. The number of carboxylic acids is 1. The van der Waals surface area contributed by atoms with E-state index in [-0.39, 0.29) is 5.56 Å². The van der Waals surface area contributed by atoms with Crippen molar-refractivity contribution in [1.29, 1.82) is 0 Å². The third kappa shape index (κ3) is 4.93. The van der Waals surface area contributed by atoms with Crippen LogP contribution in [0.25, 0.3) is 22.3 Å². The van der Waals surface area contributed by atoms with E-state index < -0.39 is 5.97 Å². The molecule has 3 aromatic rings. The molecular weight excluding hydrogens is 402 g/mol. The van der Waals surface area contributed by atoms with Crippen molar-refractivity contribution < 1.29 is 14.6 Å². The molecule has 1 saturated heterocycles. The Hall–Kier alpha value is -3.35. The average molecular weight is 430 g/mol. The van der Waals surface area contributed by atoms with E-state index in [1.807, 2.05) is 25.1 Å². The standard InChI is InChI=1S/C26H27N3O3/c1-18-14-23(16-24(26(30)31)25(18)28-27-2)21-8-6-20(7-9-21)22-5-3-4-19(15-22)17-29-10-12-32-13-11-29/h3-9,14-16H,10-13,17H2,1-2H3,(H,30,31)/b28-27-. The summed E-state index contributed by atoms with van der Waals surface area (Å²) in [5, 5.41) is 17.4. The second-order valence-corrected chi connectivity index (χ2v) is 7.96. The zero-order chi connectivity index (χ0) is 22.5. The lowest BCUT2D eigenvalue weighted by atomic mass is 9.96. The van der Waals surface area contributed by atoms with Gasteiger partial charge in [-0.05, 0) is 58.5 Å². The first-order chi connectivity index (χ1) is 15.5. The first-order valence-electron chi connectivity index (χ1n) is 10.7. The van der Waals surface area contributed by atoms with Gasteiger partial charge >= 0.3 is 5.97 Å². The molecule has 1 heterocycles. The van der Waals surface area contributed by atoms with Gasteiger partial charge in [0.1, 0.15) is 5.69 Å². The highest BCUT2D eigenvalue weighted by Gasteiger charge is 2.15. The lowest BCUT2D eigenvalue weighted by Gasteiger charge is -2.26. The van der Waals surface area contributed by atoms with E-state index in [1.165, 1.54) is 18.2 Å². The number of azo groups is 1. The minimum absolute atomic E-state index is 0.158. The number of carboxylic acid groups (broad SMARTS) is 1. The molecule has 0 spiro atoms. The van der Waals surface area contributed by atoms with Crippen LogP contribution >= 0.6 is 0 Å². The Kier molecular flexibility index (Phi) is 6.73. The van der Waals surface area contributed by atoms with Crippen LogP contribution in [0, 0.1) is 6.92 Å². The third-order valence-corrected chi connectivity index (χ3v) is 5.72. The van der Waals surface area contributed by atoms with E-state index in [9.17, 15) is 9.90 Å². The fourth-order valence-corrected chi connectivity index (χ4v) is 4.06. The summed E-state index contributed by atoms with van der Waals surface area (Å²) in [6.07, 6.45) is 0. The predicted molar refractivity (Wildman–Crippen MR) is 126 cm³/mol. The highest BCUT2D eigenvalue weighted by molar-refractivity contribution is 5.96. The second-order valence-electron chi connectivity index (χ2n) is 7.96. The number of rotatable bonds is 6. The van der Waals surface area contributed by atoms with Crippen molar-refractivity contribution in [3.8, 4) is 22.3 Å². The Labute approximate surface area is 188 Å². The quantitative estimate of drug-likeness (QED) is 0.520. The molecule has 6 nitrogen and oxygen atoms in total. The maximum Gasteiger partial charge on any atom is 0.337 e. The summed E-state index contributed by atoms with van der Waals surface area (Å²) >= 11 is 0. The molecule has 0 bridgehead atoms. The molecule has 1 N–H and O–H groups in total. The summed E-state index contributed by atoms with van der Waals surface area (Å²) in [6, 6.07) is 20.5. The molecule has 0 amide bonds. The molecule has 0 saturated carbocycles. The van der Waals surface area contributed by atoms with Crippen molar-refractivity contribution in [2.24, 2.45) is 10.2 Å². The topological polar surface area (TPSA) is 74.5 Å². The largest absolute Gasteiger partial charge is 0.478 e. The summed E-state index contributed by atoms with van der Waals surface area (Å²) in [5.74, 6) is -1.01. The summed E-state index contributed by atoms with van der Waals surface area (Å²) in [6.45, 7) is 6.31. The molecule has 0 unspecified atom stereocenters. The lowest BCUT2D eigenvalue weighted by Crippen LogP contribution is -2.35. The number of hydrogen-bond donors (Lipinski definition) is 1. The fourth-order valence-electron chi connectivity index (χ4n) is 4.06. The van der Waals surface area contributed by atoms with Crippen molar-refractivity contribution in [2.45, 2.75) is 13.5 Å². The van der Waals surface area contributed by atoms with Crippen molar-refractivity contribution in [2.75, 3.05) is 33.4 Å². The zero-order valence-electron chi connectivity index (χ0n) is 18.4. The van der Waals surface area contributed by atoms with Crippen LogP contribution in [0.15, 0.2) is 70.9 Å². The molecule has 1 fully saturated rings. The van der Waals surface area contributed by atoms with Gasteiger partial charge in [-0.1, -0.05) is 42.5 Å². The first kappa shape index (κ1) is 21.9. The summed E-state index contributed by atoms with van der Waals surface area (Å²) in [7, 11) is 1.54. The number of carbonyl (C=O) groups is 1. The van der Waals surface area contributed by atoms with Crippen LogP contribution in [0.3, 0.4) is 0 Å². The first-order valence-corrected chi connectivity index (χ1v) is 10.7. The minimum atomic E-state index is -1.01. The third-order valence-electron chi connectivity index (χ3n) is 5.72. The van der Waals surface area contributed by atoms with Crippen molar-refractivity contribution >= 4 is 11.7 Å². The van der Waals surface area contributed by atoms with E-state index in [4.69, 9.17) is 4.74 Å². The van der Waals surface area contributed by atoms with Gasteiger partial charge < -0.3 is 9.84 Å². The Morgan fingerprint density at radius 1 is 0.969 bits per heavy atom. The van der Waals surface area contributed by atoms with Crippen LogP contribution in [0.2, 0.25) is 0 Å². The van der Waals surface area contributed by atoms with E-state index >= 15 is 0 Å². The molecule has 4 rings (SSSR count). The Bertz CT molecular complexity index is 1130. The number of morpholine rings is 1. The van der Waals surface area contributed by atoms with Crippen LogP contribution < -0.4 is 0 Å². The minimum Gasteiger partial charge on any atom is -0.478 e. The molecule has 164 valence electrons. The molecule has 0 radical (unpaired) electrons. The van der Waals surface area contributed by atoms with E-state index in [0.29, 0.717) is 5.69 Å². The van der Waals surface area contributed by atoms with Crippen molar-refractivity contribution in [3.05, 3.63) is 77.4 Å². The summed E-state index contributed by atoms with van der Waals surface area (Å²) in [5.41, 5.74) is 6.74. The molecule has 1 aliphatic rings. The average Bonchev–Trinajstić information content (AvgIpc) is 2.81. The van der Waals surface area contributed by atoms with Gasteiger partial charge in [-0.2, -0.15) is 10.2 Å². The van der Waals surface area contributed by atoms with Crippen molar-refractivity contribution in [3.63, 3.8) is 0 Å². The highest BCUT2D eigenvalue weighted by Crippen LogP contribution is 2.32. The van der Waals surface area contributed by atoms with Crippen molar-refractivity contribution in [1.82, 2.24) is 4.90 Å². The van der Waals surface area contributed by atoms with E-state index in [1.54, 1.807) is 6.07 Å². The lowest BCUT2D eigenvalue weighted by molar-refractivity contribution is 0.0342. The summed E-state index contributed by atoms with van der Waals surface area (Å²) < 4.78 is 5.44. The molecule has 32 heavy (non-hydrogen) atoms. The highest BCUT2D eigenvalue weighted by atomic mass is 16.5. The molecule has 0 aliphatic carbocycles. The van der Waals surface area contributed by atoms with Crippen LogP contribution in [0.4, 0.5) is 5.69 Å². The van der Waals surface area contributed by atoms with Gasteiger partial charge in [0.2, 0.25) is 0 Å². The van der Waals surface area contributed by atoms with Gasteiger partial charge in [0, 0.05) is 26.7 Å². The SMILES string of the molecule is C/N=N\c1c(C)cc(-c2ccc(-c3cccc(CN4CCOCC4)c3)cc2)cc1C(=O)O. The Morgan fingerprint density at radius 2 is 1.66 bits per heavy atom. The number of hydrogen-bond acceptors (Lipinski definition) is 5. The molecular formula is C26H27N3O3. The monoisotopic (exact) mass is 429 g/mol. The maximum atomic E-state index is 11.7. The van der Waals surface area contributed by atoms with E-state index in [0.717, 1.165) is 55.1 Å². The molecule has 0 aromatic heterocycles. The molecule has 1 aliphatic heterocycles. The number of nitrogens with zero attached hydrogens (tertiary/aromatic N) is 3. The number of benzene rings is 3. The smallest absolute Gasteiger partial charge is 0.337 e. The van der Waals surface area contributed by atoms with Gasteiger partial charge in [0.05, 0.1) is 18.8 Å². The van der Waals surface area contributed by atoms with Gasteiger partial charge in [0.15, 0.2) is 0 Å². The molecule has 0 atom stereocenters. The predicted octanol–water partition coefficient (Wildman–Crippen LogP) is 5.57. The van der Waals surface area contributed by atoms with Crippen LogP contribution in [-0.2, 0) is 11.3 Å². The number of ether oxygens (including phenoxy) is 1. The number of aryl methyl sites for hydroxylation is 1. The van der Waals surface area contributed by atoms with E-state index in [2.05, 4.69) is 51.5 Å². The second kappa shape index (κ2) is 9.85. The molecule has 6 heteroatoms. The molecule has 3 aromatic carbocycles. The number of aromatic carboxylic acids is 1. The van der Waals surface area contributed by atoms with Gasteiger partial charge in [-0.3, -0.25) is 4.90 Å². The van der Waals surface area contributed by atoms with Gasteiger partial charge in [0.25, 0.3) is 0 Å².